The van der Waals surface area contributed by atoms with Crippen LogP contribution in [-0.2, 0) is 9.59 Å². The predicted octanol–water partition coefficient (Wildman–Crippen LogP) is 0.847. The van der Waals surface area contributed by atoms with E-state index in [-0.39, 0.29) is 5.56 Å². The molecule has 3 amide bonds. The second kappa shape index (κ2) is 11.1. The highest BCUT2D eigenvalue weighted by atomic mass is 16.5. The number of carbonyl (C=O) groups excluding carboxylic acids is 3. The molecule has 0 spiro atoms. The van der Waals surface area contributed by atoms with Crippen molar-refractivity contribution in [2.45, 2.75) is 6.04 Å². The summed E-state index contributed by atoms with van der Waals surface area (Å²) in [5.74, 6) is 4.05. The van der Waals surface area contributed by atoms with E-state index in [4.69, 9.17) is 9.94 Å². The van der Waals surface area contributed by atoms with Gasteiger partial charge in [0.1, 0.15) is 0 Å². The van der Waals surface area contributed by atoms with Crippen molar-refractivity contribution in [2.75, 3.05) is 21.2 Å². The largest absolute Gasteiger partial charge is 0.481 e. The van der Waals surface area contributed by atoms with E-state index in [0.29, 0.717) is 11.4 Å². The van der Waals surface area contributed by atoms with Crippen LogP contribution in [0.15, 0.2) is 48.7 Å². The van der Waals surface area contributed by atoms with Gasteiger partial charge in [0, 0.05) is 37.5 Å². The number of nitrogens with zero attached hydrogens (tertiary/aromatic N) is 2. The number of methoxy groups -OCH3 is 1. The summed E-state index contributed by atoms with van der Waals surface area (Å²) in [5, 5.41) is 11.1. The molecule has 0 aliphatic rings. The predicted molar refractivity (Wildman–Crippen MR) is 113 cm³/mol. The molecule has 1 atom stereocenters. The number of rotatable bonds is 6. The highest BCUT2D eigenvalue weighted by Gasteiger charge is 2.33. The minimum absolute atomic E-state index is 0.257. The van der Waals surface area contributed by atoms with Crippen molar-refractivity contribution in [1.29, 1.82) is 0 Å². The van der Waals surface area contributed by atoms with Crippen LogP contribution in [0.5, 0.6) is 5.88 Å². The molecule has 0 saturated carbocycles. The molecule has 1 aromatic carbocycles. The maximum Gasteiger partial charge on any atom is 0.275 e. The van der Waals surface area contributed by atoms with Crippen molar-refractivity contribution < 1.29 is 24.3 Å². The molecule has 9 heteroatoms. The smallest absolute Gasteiger partial charge is 0.275 e. The molecule has 0 aliphatic carbocycles. The van der Waals surface area contributed by atoms with Crippen LogP contribution < -0.4 is 15.5 Å². The summed E-state index contributed by atoms with van der Waals surface area (Å²) in [6.07, 6.45) is 5.15. The lowest BCUT2D eigenvalue weighted by atomic mass is 10.1. The Balaban J connectivity index is 2.07. The quantitative estimate of drug-likeness (QED) is 0.275. The summed E-state index contributed by atoms with van der Waals surface area (Å²) >= 11 is 0. The van der Waals surface area contributed by atoms with E-state index < -0.39 is 23.8 Å². The van der Waals surface area contributed by atoms with Gasteiger partial charge in [-0.2, -0.15) is 0 Å². The Kier molecular flexibility index (Phi) is 8.31. The Morgan fingerprint density at radius 2 is 1.87 bits per heavy atom. The lowest BCUT2D eigenvalue weighted by Gasteiger charge is -2.25. The molecule has 0 aliphatic heterocycles. The fourth-order valence-corrected chi connectivity index (χ4v) is 2.56. The highest BCUT2D eigenvalue weighted by molar-refractivity contribution is 6.08. The zero-order valence-corrected chi connectivity index (χ0v) is 17.2. The monoisotopic (exact) mass is 422 g/mol. The summed E-state index contributed by atoms with van der Waals surface area (Å²) < 4.78 is 5.00. The first-order chi connectivity index (χ1) is 14.9. The molecule has 2 rings (SSSR count). The van der Waals surface area contributed by atoms with E-state index in [2.05, 4.69) is 22.1 Å². The fourth-order valence-electron chi connectivity index (χ4n) is 2.56. The SMILES string of the molecule is CNC(=O)C(C(=O)NO)N(C)C(=O)c1ccc(C#C/C=C/c2ccc(OC)nc2)cc1. The van der Waals surface area contributed by atoms with Crippen molar-refractivity contribution >= 4 is 23.8 Å². The molecule has 31 heavy (non-hydrogen) atoms. The fraction of sp³-hybridized carbons (Fsp3) is 0.182. The molecule has 9 nitrogen and oxygen atoms in total. The van der Waals surface area contributed by atoms with Gasteiger partial charge in [0.15, 0.2) is 6.04 Å². The first-order valence-electron chi connectivity index (χ1n) is 9.12. The lowest BCUT2D eigenvalue weighted by Crippen LogP contribution is -2.54. The molecule has 1 unspecified atom stereocenters. The van der Waals surface area contributed by atoms with Crippen LogP contribution in [-0.4, -0.2) is 60.1 Å². The van der Waals surface area contributed by atoms with Crippen molar-refractivity contribution in [3.63, 3.8) is 0 Å². The number of hydrogen-bond acceptors (Lipinski definition) is 6. The number of amides is 3. The van der Waals surface area contributed by atoms with Gasteiger partial charge >= 0.3 is 0 Å². The van der Waals surface area contributed by atoms with Gasteiger partial charge in [-0.05, 0) is 48.0 Å². The Bertz CT molecular complexity index is 1000. The molecular weight excluding hydrogens is 400 g/mol. The number of ether oxygens (including phenoxy) is 1. The molecule has 1 heterocycles. The molecule has 0 radical (unpaired) electrons. The van der Waals surface area contributed by atoms with Crippen LogP contribution in [0, 0.1) is 11.8 Å². The van der Waals surface area contributed by atoms with E-state index in [1.807, 2.05) is 6.07 Å². The molecular formula is C22H22N4O5. The highest BCUT2D eigenvalue weighted by Crippen LogP contribution is 2.10. The molecule has 0 bridgehead atoms. The summed E-state index contributed by atoms with van der Waals surface area (Å²) in [4.78, 5) is 41.3. The average Bonchev–Trinajstić information content (AvgIpc) is 2.81. The first-order valence-corrected chi connectivity index (χ1v) is 9.12. The Morgan fingerprint density at radius 3 is 2.42 bits per heavy atom. The van der Waals surface area contributed by atoms with Gasteiger partial charge < -0.3 is 15.0 Å². The van der Waals surface area contributed by atoms with E-state index in [1.54, 1.807) is 43.7 Å². The maximum atomic E-state index is 12.6. The third kappa shape index (κ3) is 6.16. The van der Waals surface area contributed by atoms with Crippen LogP contribution in [0.1, 0.15) is 21.5 Å². The molecule has 1 aromatic heterocycles. The van der Waals surface area contributed by atoms with Crippen molar-refractivity contribution in [1.82, 2.24) is 20.7 Å². The van der Waals surface area contributed by atoms with Gasteiger partial charge in [0.05, 0.1) is 7.11 Å². The molecule has 2 aromatic rings. The van der Waals surface area contributed by atoms with Crippen molar-refractivity contribution in [3.05, 3.63) is 65.4 Å². The minimum atomic E-state index is -1.51. The van der Waals surface area contributed by atoms with Gasteiger partial charge in [0.25, 0.3) is 17.7 Å². The Hall–Kier alpha value is -4.16. The Labute approximate surface area is 179 Å². The number of hydroxylamine groups is 1. The van der Waals surface area contributed by atoms with Crippen LogP contribution in [0.2, 0.25) is 0 Å². The van der Waals surface area contributed by atoms with Crippen LogP contribution >= 0.6 is 0 Å². The number of pyridine rings is 1. The van der Waals surface area contributed by atoms with Crippen LogP contribution in [0.3, 0.4) is 0 Å². The zero-order chi connectivity index (χ0) is 22.8. The van der Waals surface area contributed by atoms with E-state index in [0.717, 1.165) is 10.5 Å². The van der Waals surface area contributed by atoms with Crippen LogP contribution in [0.25, 0.3) is 6.08 Å². The van der Waals surface area contributed by atoms with Gasteiger partial charge in [-0.3, -0.25) is 19.6 Å². The second-order valence-corrected chi connectivity index (χ2v) is 6.22. The number of allylic oxidation sites excluding steroid dienone is 1. The van der Waals surface area contributed by atoms with Crippen molar-refractivity contribution in [3.8, 4) is 17.7 Å². The Morgan fingerprint density at radius 1 is 1.16 bits per heavy atom. The van der Waals surface area contributed by atoms with Gasteiger partial charge in [-0.1, -0.05) is 11.8 Å². The third-order valence-corrected chi connectivity index (χ3v) is 4.24. The zero-order valence-electron chi connectivity index (χ0n) is 17.2. The summed E-state index contributed by atoms with van der Waals surface area (Å²) in [6, 6.07) is 8.47. The van der Waals surface area contributed by atoms with Crippen molar-refractivity contribution in [2.24, 2.45) is 0 Å². The number of benzene rings is 1. The first kappa shape index (κ1) is 23.1. The average molecular weight is 422 g/mol. The van der Waals surface area contributed by atoms with Gasteiger partial charge in [0.2, 0.25) is 5.88 Å². The molecule has 0 fully saturated rings. The van der Waals surface area contributed by atoms with E-state index in [9.17, 15) is 14.4 Å². The summed E-state index contributed by atoms with van der Waals surface area (Å²) in [7, 11) is 4.17. The molecule has 3 N–H and O–H groups in total. The molecule has 160 valence electrons. The number of nitrogens with one attached hydrogen (secondary N) is 2. The molecule has 0 saturated heterocycles. The minimum Gasteiger partial charge on any atom is -0.481 e. The topological polar surface area (TPSA) is 121 Å². The number of likely N-dealkylation sites (N-methyl/N-ethyl adjacent to an activating group) is 2. The maximum absolute atomic E-state index is 12.6. The summed E-state index contributed by atoms with van der Waals surface area (Å²) in [6.45, 7) is 0. The number of hydrogen-bond donors (Lipinski definition) is 3. The van der Waals surface area contributed by atoms with E-state index in [1.165, 1.54) is 31.7 Å². The standard InChI is InChI=1S/C22H22N4O5/c1-23-20(27)19(21(28)25-30)26(2)22(29)17-11-8-15(9-12-17)6-4-5-7-16-10-13-18(31-3)24-14-16/h5,7-14,19,30H,1-3H3,(H,23,27)(H,25,28)/b7-5+. The second-order valence-electron chi connectivity index (χ2n) is 6.22. The normalized spacial score (nSPS) is 11.1. The van der Waals surface area contributed by atoms with Gasteiger partial charge in [-0.25, -0.2) is 10.5 Å². The third-order valence-electron chi connectivity index (χ3n) is 4.24. The van der Waals surface area contributed by atoms with Crippen LogP contribution in [0.4, 0.5) is 0 Å². The lowest BCUT2D eigenvalue weighted by molar-refractivity contribution is -0.140. The van der Waals surface area contributed by atoms with E-state index >= 15 is 0 Å². The van der Waals surface area contributed by atoms with Gasteiger partial charge in [-0.15, -0.1) is 0 Å². The summed E-state index contributed by atoms with van der Waals surface area (Å²) in [5.41, 5.74) is 3.20. The number of carbonyl (C=O) groups is 3. The number of aromatic nitrogens is 1.